The van der Waals surface area contributed by atoms with Crippen molar-refractivity contribution in [1.29, 1.82) is 0 Å². The van der Waals surface area contributed by atoms with Crippen LogP contribution in [0.25, 0.3) is 0 Å². The lowest BCUT2D eigenvalue weighted by Gasteiger charge is -2.46. The van der Waals surface area contributed by atoms with E-state index in [9.17, 15) is 0 Å². The number of nitrogens with zero attached hydrogens (tertiary/aromatic N) is 1. The molecule has 0 spiro atoms. The van der Waals surface area contributed by atoms with Crippen molar-refractivity contribution in [2.75, 3.05) is 13.1 Å². The molecule has 2 unspecified atom stereocenters. The lowest BCUT2D eigenvalue weighted by Crippen LogP contribution is -2.56. The molecule has 18 heavy (non-hydrogen) atoms. The summed E-state index contributed by atoms with van der Waals surface area (Å²) in [6.45, 7) is 11.3. The summed E-state index contributed by atoms with van der Waals surface area (Å²) in [5.74, 6) is 0.939. The standard InChI is InChI=1S/C16H34N2/c1-5-12-18(14(3)4)16(13-17)10-7-8-15(6-2)9-11-16/h14-15H,5-13,17H2,1-4H3. The zero-order valence-corrected chi connectivity index (χ0v) is 13.0. The van der Waals surface area contributed by atoms with Crippen LogP contribution in [0.4, 0.5) is 0 Å². The molecule has 0 heterocycles. The zero-order valence-electron chi connectivity index (χ0n) is 13.0. The Bertz CT molecular complexity index is 227. The van der Waals surface area contributed by atoms with E-state index in [1.165, 1.54) is 51.5 Å². The van der Waals surface area contributed by atoms with Gasteiger partial charge in [-0.3, -0.25) is 4.90 Å². The summed E-state index contributed by atoms with van der Waals surface area (Å²) in [7, 11) is 0. The van der Waals surface area contributed by atoms with Crippen LogP contribution in [0, 0.1) is 5.92 Å². The highest BCUT2D eigenvalue weighted by Crippen LogP contribution is 2.36. The van der Waals surface area contributed by atoms with Crippen LogP contribution >= 0.6 is 0 Å². The normalized spacial score (nSPS) is 29.8. The minimum Gasteiger partial charge on any atom is -0.329 e. The summed E-state index contributed by atoms with van der Waals surface area (Å²) in [5, 5.41) is 0. The smallest absolute Gasteiger partial charge is 0.0334 e. The fourth-order valence-corrected chi connectivity index (χ4v) is 3.76. The Balaban J connectivity index is 2.81. The number of hydrogen-bond acceptors (Lipinski definition) is 2. The van der Waals surface area contributed by atoms with E-state index in [2.05, 4.69) is 32.6 Å². The van der Waals surface area contributed by atoms with Crippen molar-refractivity contribution in [2.45, 2.75) is 84.2 Å². The zero-order chi connectivity index (χ0) is 13.6. The molecule has 0 amide bonds. The van der Waals surface area contributed by atoms with Crippen LogP contribution in [0.2, 0.25) is 0 Å². The lowest BCUT2D eigenvalue weighted by atomic mass is 9.86. The van der Waals surface area contributed by atoms with Gasteiger partial charge in [0.2, 0.25) is 0 Å². The molecule has 2 nitrogen and oxygen atoms in total. The van der Waals surface area contributed by atoms with Gasteiger partial charge < -0.3 is 5.73 Å². The third-order valence-corrected chi connectivity index (χ3v) is 4.93. The maximum Gasteiger partial charge on any atom is 0.0334 e. The minimum atomic E-state index is 0.286. The fourth-order valence-electron chi connectivity index (χ4n) is 3.76. The van der Waals surface area contributed by atoms with E-state index >= 15 is 0 Å². The van der Waals surface area contributed by atoms with Gasteiger partial charge in [0.1, 0.15) is 0 Å². The number of nitrogens with two attached hydrogens (primary N) is 1. The van der Waals surface area contributed by atoms with Gasteiger partial charge in [0.25, 0.3) is 0 Å². The summed E-state index contributed by atoms with van der Waals surface area (Å²) >= 11 is 0. The molecule has 1 aliphatic rings. The summed E-state index contributed by atoms with van der Waals surface area (Å²) < 4.78 is 0. The van der Waals surface area contributed by atoms with E-state index in [1.54, 1.807) is 0 Å². The van der Waals surface area contributed by atoms with E-state index in [0.717, 1.165) is 12.5 Å². The van der Waals surface area contributed by atoms with Crippen LogP contribution in [-0.2, 0) is 0 Å². The largest absolute Gasteiger partial charge is 0.329 e. The molecule has 1 saturated carbocycles. The maximum atomic E-state index is 6.22. The molecule has 0 bridgehead atoms. The van der Waals surface area contributed by atoms with E-state index in [4.69, 9.17) is 5.73 Å². The van der Waals surface area contributed by atoms with Crippen molar-refractivity contribution in [3.8, 4) is 0 Å². The first kappa shape index (κ1) is 16.0. The van der Waals surface area contributed by atoms with Gasteiger partial charge in [0, 0.05) is 18.1 Å². The molecule has 2 atom stereocenters. The van der Waals surface area contributed by atoms with Crippen molar-refractivity contribution in [2.24, 2.45) is 11.7 Å². The van der Waals surface area contributed by atoms with E-state index in [-0.39, 0.29) is 5.54 Å². The second kappa shape index (κ2) is 7.49. The first-order valence-corrected chi connectivity index (χ1v) is 8.06. The maximum absolute atomic E-state index is 6.22. The van der Waals surface area contributed by atoms with E-state index in [1.807, 2.05) is 0 Å². The predicted molar refractivity (Wildman–Crippen MR) is 80.8 cm³/mol. The lowest BCUT2D eigenvalue weighted by molar-refractivity contribution is 0.0469. The van der Waals surface area contributed by atoms with Gasteiger partial charge in [0.05, 0.1) is 0 Å². The Labute approximate surface area is 114 Å². The molecule has 0 aromatic carbocycles. The van der Waals surface area contributed by atoms with Gasteiger partial charge in [-0.2, -0.15) is 0 Å². The fraction of sp³-hybridized carbons (Fsp3) is 1.00. The average Bonchev–Trinajstić information content (AvgIpc) is 2.58. The first-order valence-electron chi connectivity index (χ1n) is 8.06. The van der Waals surface area contributed by atoms with Gasteiger partial charge in [-0.1, -0.05) is 33.1 Å². The molecule has 1 aliphatic carbocycles. The molecule has 0 aromatic heterocycles. The predicted octanol–water partition coefficient (Wildman–Crippen LogP) is 3.79. The molecule has 0 saturated heterocycles. The molecule has 2 N–H and O–H groups in total. The Morgan fingerprint density at radius 2 is 1.94 bits per heavy atom. The van der Waals surface area contributed by atoms with Crippen molar-refractivity contribution < 1.29 is 0 Å². The highest BCUT2D eigenvalue weighted by molar-refractivity contribution is 4.95. The molecule has 1 fully saturated rings. The Morgan fingerprint density at radius 1 is 1.22 bits per heavy atom. The highest BCUT2D eigenvalue weighted by atomic mass is 15.2. The van der Waals surface area contributed by atoms with Crippen LogP contribution in [0.15, 0.2) is 0 Å². The quantitative estimate of drug-likeness (QED) is 0.731. The average molecular weight is 254 g/mol. The van der Waals surface area contributed by atoms with Crippen LogP contribution in [-0.4, -0.2) is 29.6 Å². The van der Waals surface area contributed by atoms with Crippen molar-refractivity contribution in [1.82, 2.24) is 4.90 Å². The van der Waals surface area contributed by atoms with Crippen LogP contribution in [0.1, 0.15) is 72.6 Å². The first-order chi connectivity index (χ1) is 8.59. The van der Waals surface area contributed by atoms with Crippen molar-refractivity contribution >= 4 is 0 Å². The third-order valence-electron chi connectivity index (χ3n) is 4.93. The highest BCUT2D eigenvalue weighted by Gasteiger charge is 2.37. The second-order valence-electron chi connectivity index (χ2n) is 6.42. The van der Waals surface area contributed by atoms with Gasteiger partial charge >= 0.3 is 0 Å². The summed E-state index contributed by atoms with van der Waals surface area (Å²) in [5.41, 5.74) is 6.51. The SMILES string of the molecule is CCCN(C(C)C)C1(CN)CCCC(CC)CC1. The van der Waals surface area contributed by atoms with Crippen LogP contribution in [0.5, 0.6) is 0 Å². The summed E-state index contributed by atoms with van der Waals surface area (Å²) in [6, 6.07) is 0.617. The van der Waals surface area contributed by atoms with Crippen LogP contribution in [0.3, 0.4) is 0 Å². The topological polar surface area (TPSA) is 29.3 Å². The molecule has 108 valence electrons. The summed E-state index contributed by atoms with van der Waals surface area (Å²) in [6.07, 6.45) is 9.34. The molecule has 0 radical (unpaired) electrons. The Morgan fingerprint density at radius 3 is 2.44 bits per heavy atom. The molecule has 0 aromatic rings. The van der Waals surface area contributed by atoms with Gasteiger partial charge in [-0.25, -0.2) is 0 Å². The molecule has 2 heteroatoms. The monoisotopic (exact) mass is 254 g/mol. The number of rotatable bonds is 6. The molecular formula is C16H34N2. The molecular weight excluding hydrogens is 220 g/mol. The van der Waals surface area contributed by atoms with Gasteiger partial charge in [-0.15, -0.1) is 0 Å². The van der Waals surface area contributed by atoms with Crippen molar-refractivity contribution in [3.05, 3.63) is 0 Å². The van der Waals surface area contributed by atoms with E-state index in [0.29, 0.717) is 6.04 Å². The van der Waals surface area contributed by atoms with Gasteiger partial charge in [-0.05, 0) is 52.0 Å². The third kappa shape index (κ3) is 3.71. The summed E-state index contributed by atoms with van der Waals surface area (Å²) in [4.78, 5) is 2.70. The molecule has 0 aliphatic heterocycles. The number of hydrogen-bond donors (Lipinski definition) is 1. The second-order valence-corrected chi connectivity index (χ2v) is 6.42. The Hall–Kier alpha value is -0.0800. The van der Waals surface area contributed by atoms with Crippen molar-refractivity contribution in [3.63, 3.8) is 0 Å². The van der Waals surface area contributed by atoms with Gasteiger partial charge in [0.15, 0.2) is 0 Å². The Kier molecular flexibility index (Phi) is 6.65. The molecule has 1 rings (SSSR count). The van der Waals surface area contributed by atoms with Crippen LogP contribution < -0.4 is 5.73 Å². The minimum absolute atomic E-state index is 0.286. The van der Waals surface area contributed by atoms with E-state index < -0.39 is 0 Å².